The predicted molar refractivity (Wildman–Crippen MR) is 55.5 cm³/mol. The summed E-state index contributed by atoms with van der Waals surface area (Å²) < 4.78 is 0. The summed E-state index contributed by atoms with van der Waals surface area (Å²) in [6.45, 7) is 7.56. The van der Waals surface area contributed by atoms with Crippen molar-refractivity contribution in [1.82, 2.24) is 5.32 Å². The van der Waals surface area contributed by atoms with Gasteiger partial charge in [0.1, 0.15) is 0 Å². The lowest BCUT2D eigenvalue weighted by Crippen LogP contribution is -2.19. The van der Waals surface area contributed by atoms with Crippen LogP contribution in [0.25, 0.3) is 0 Å². The molecule has 0 aliphatic rings. The van der Waals surface area contributed by atoms with Gasteiger partial charge in [-0.05, 0) is 19.2 Å². The van der Waals surface area contributed by atoms with Gasteiger partial charge >= 0.3 is 0 Å². The van der Waals surface area contributed by atoms with Crippen LogP contribution < -0.4 is 5.32 Å². The van der Waals surface area contributed by atoms with Crippen LogP contribution in [-0.4, -0.2) is 24.6 Å². The van der Waals surface area contributed by atoms with Gasteiger partial charge < -0.3 is 5.32 Å². The van der Waals surface area contributed by atoms with Crippen molar-refractivity contribution in [3.8, 4) is 0 Å². The zero-order chi connectivity index (χ0) is 8.69. The molecule has 11 heavy (non-hydrogen) atoms. The average molecular weight is 194 g/mol. The molecule has 0 aromatic carbocycles. The second kappa shape index (κ2) is 7.01. The van der Waals surface area contributed by atoms with Crippen molar-refractivity contribution in [2.75, 3.05) is 19.3 Å². The molecule has 0 heterocycles. The van der Waals surface area contributed by atoms with E-state index in [9.17, 15) is 0 Å². The maximum atomic E-state index is 5.56. The molecule has 0 aromatic heterocycles. The maximum absolute atomic E-state index is 5.56. The van der Waals surface area contributed by atoms with E-state index in [1.807, 2.05) is 11.8 Å². The van der Waals surface area contributed by atoms with E-state index < -0.39 is 0 Å². The zero-order valence-electron chi connectivity index (χ0n) is 7.19. The normalized spacial score (nSPS) is 13.0. The molecule has 0 amide bonds. The Morgan fingerprint density at radius 3 is 2.82 bits per heavy atom. The summed E-state index contributed by atoms with van der Waals surface area (Å²) in [7, 11) is 0. The monoisotopic (exact) mass is 193 g/mol. The van der Waals surface area contributed by atoms with Gasteiger partial charge in [-0.1, -0.05) is 25.1 Å². The number of thioether (sulfide) groups is 1. The van der Waals surface area contributed by atoms with Crippen LogP contribution in [0, 0.1) is 0 Å². The third-order valence-electron chi connectivity index (χ3n) is 1.45. The summed E-state index contributed by atoms with van der Waals surface area (Å²) >= 11 is 7.45. The highest BCUT2D eigenvalue weighted by Crippen LogP contribution is 2.07. The summed E-state index contributed by atoms with van der Waals surface area (Å²) in [5.41, 5.74) is 0. The van der Waals surface area contributed by atoms with Crippen LogP contribution in [0.2, 0.25) is 0 Å². The fraction of sp³-hybridized carbons (Fsp3) is 0.750. The van der Waals surface area contributed by atoms with Gasteiger partial charge in [0.2, 0.25) is 0 Å². The second-order valence-corrected chi connectivity index (χ2v) is 4.34. The Kier molecular flexibility index (Phi) is 7.23. The van der Waals surface area contributed by atoms with Gasteiger partial charge in [0, 0.05) is 16.8 Å². The molecule has 0 aromatic rings. The first kappa shape index (κ1) is 11.3. The quantitative estimate of drug-likeness (QED) is 0.651. The summed E-state index contributed by atoms with van der Waals surface area (Å²) in [5.74, 6) is 0. The number of hydrogen-bond acceptors (Lipinski definition) is 2. The Balaban J connectivity index is 3.08. The zero-order valence-corrected chi connectivity index (χ0v) is 8.76. The molecule has 1 nitrogen and oxygen atoms in total. The topological polar surface area (TPSA) is 12.0 Å². The molecule has 0 aliphatic carbocycles. The first-order valence-corrected chi connectivity index (χ1v) is 5.40. The van der Waals surface area contributed by atoms with E-state index in [0.717, 1.165) is 18.3 Å². The molecule has 0 rings (SSSR count). The molecular formula is C8H16ClNS. The van der Waals surface area contributed by atoms with E-state index in [1.54, 1.807) is 0 Å². The molecule has 66 valence electrons. The van der Waals surface area contributed by atoms with E-state index in [-0.39, 0.29) is 0 Å². The molecule has 1 N–H and O–H groups in total. The Hall–Kier alpha value is 0.340. The molecular weight excluding hydrogens is 178 g/mol. The van der Waals surface area contributed by atoms with Crippen LogP contribution in [-0.2, 0) is 0 Å². The summed E-state index contributed by atoms with van der Waals surface area (Å²) in [6.07, 6.45) is 3.32. The Morgan fingerprint density at radius 1 is 1.73 bits per heavy atom. The van der Waals surface area contributed by atoms with Crippen LogP contribution in [0.4, 0.5) is 0 Å². The van der Waals surface area contributed by atoms with Gasteiger partial charge in [0.05, 0.1) is 0 Å². The fourth-order valence-corrected chi connectivity index (χ4v) is 1.10. The highest BCUT2D eigenvalue weighted by atomic mass is 35.5. The van der Waals surface area contributed by atoms with Crippen molar-refractivity contribution in [3.63, 3.8) is 0 Å². The third kappa shape index (κ3) is 8.24. The summed E-state index contributed by atoms with van der Waals surface area (Å²) in [4.78, 5) is 0. The van der Waals surface area contributed by atoms with E-state index in [1.165, 1.54) is 6.42 Å². The van der Waals surface area contributed by atoms with E-state index in [0.29, 0.717) is 5.03 Å². The van der Waals surface area contributed by atoms with Crippen LogP contribution >= 0.6 is 23.4 Å². The van der Waals surface area contributed by atoms with E-state index >= 15 is 0 Å². The number of halogens is 1. The lowest BCUT2D eigenvalue weighted by molar-refractivity contribution is 0.687. The molecule has 0 aliphatic heterocycles. The van der Waals surface area contributed by atoms with Gasteiger partial charge in [-0.3, -0.25) is 0 Å². The minimum Gasteiger partial charge on any atom is -0.312 e. The van der Waals surface area contributed by atoms with Gasteiger partial charge in [-0.15, -0.1) is 0 Å². The minimum atomic E-state index is 0.682. The van der Waals surface area contributed by atoms with Crippen molar-refractivity contribution in [3.05, 3.63) is 11.6 Å². The van der Waals surface area contributed by atoms with Crippen molar-refractivity contribution >= 4 is 23.4 Å². The SMILES string of the molecule is C=C(Cl)CNCCC(C)SC. The van der Waals surface area contributed by atoms with Crippen molar-refractivity contribution in [2.24, 2.45) is 0 Å². The molecule has 1 unspecified atom stereocenters. The highest BCUT2D eigenvalue weighted by molar-refractivity contribution is 7.99. The number of hydrogen-bond donors (Lipinski definition) is 1. The van der Waals surface area contributed by atoms with Gasteiger partial charge in [-0.2, -0.15) is 11.8 Å². The third-order valence-corrected chi connectivity index (χ3v) is 2.62. The van der Waals surface area contributed by atoms with Gasteiger partial charge in [0.25, 0.3) is 0 Å². The van der Waals surface area contributed by atoms with E-state index in [4.69, 9.17) is 11.6 Å². The predicted octanol–water partition coefficient (Wildman–Crippen LogP) is 2.47. The molecule has 0 bridgehead atoms. The largest absolute Gasteiger partial charge is 0.312 e. The molecule has 1 atom stereocenters. The molecule has 0 radical (unpaired) electrons. The molecule has 0 saturated carbocycles. The smallest absolute Gasteiger partial charge is 0.0307 e. The summed E-state index contributed by atoms with van der Waals surface area (Å²) in [6, 6.07) is 0. The lowest BCUT2D eigenvalue weighted by atomic mass is 10.3. The maximum Gasteiger partial charge on any atom is 0.0307 e. The Bertz CT molecular complexity index is 117. The van der Waals surface area contributed by atoms with Crippen molar-refractivity contribution in [1.29, 1.82) is 0 Å². The van der Waals surface area contributed by atoms with Crippen molar-refractivity contribution in [2.45, 2.75) is 18.6 Å². The molecule has 0 fully saturated rings. The first-order valence-electron chi connectivity index (χ1n) is 3.73. The Morgan fingerprint density at radius 2 is 2.36 bits per heavy atom. The Labute approximate surface area is 78.6 Å². The number of rotatable bonds is 6. The van der Waals surface area contributed by atoms with Crippen LogP contribution in [0.5, 0.6) is 0 Å². The van der Waals surface area contributed by atoms with Crippen LogP contribution in [0.1, 0.15) is 13.3 Å². The lowest BCUT2D eigenvalue weighted by Gasteiger charge is -2.07. The fourth-order valence-electron chi connectivity index (χ4n) is 0.647. The van der Waals surface area contributed by atoms with Gasteiger partial charge in [0.15, 0.2) is 0 Å². The van der Waals surface area contributed by atoms with Crippen LogP contribution in [0.15, 0.2) is 11.6 Å². The molecule has 3 heteroatoms. The first-order chi connectivity index (χ1) is 5.16. The molecule has 0 saturated heterocycles. The van der Waals surface area contributed by atoms with Crippen molar-refractivity contribution < 1.29 is 0 Å². The number of nitrogens with one attached hydrogen (secondary N) is 1. The standard InChI is InChI=1S/C8H16ClNS/c1-7(9)6-10-5-4-8(2)11-3/h8,10H,1,4-6H2,2-3H3. The highest BCUT2D eigenvalue weighted by Gasteiger charge is 1.97. The van der Waals surface area contributed by atoms with E-state index in [2.05, 4.69) is 25.1 Å². The average Bonchev–Trinajstić information content (AvgIpc) is 1.97. The minimum absolute atomic E-state index is 0.682. The second-order valence-electron chi connectivity index (χ2n) is 2.53. The summed E-state index contributed by atoms with van der Waals surface area (Å²) in [5, 5.41) is 4.62. The van der Waals surface area contributed by atoms with Gasteiger partial charge in [-0.25, -0.2) is 0 Å². The molecule has 0 spiro atoms. The van der Waals surface area contributed by atoms with Crippen LogP contribution in [0.3, 0.4) is 0 Å².